The van der Waals surface area contributed by atoms with Crippen molar-refractivity contribution in [2.75, 3.05) is 14.2 Å². The number of carbonyl (C=O) groups excluding carboxylic acids is 1. The van der Waals surface area contributed by atoms with Gasteiger partial charge in [0, 0.05) is 3.57 Å². The molecule has 0 atom stereocenters. The van der Waals surface area contributed by atoms with Crippen molar-refractivity contribution in [3.63, 3.8) is 0 Å². The van der Waals surface area contributed by atoms with Gasteiger partial charge >= 0.3 is 0 Å². The molecule has 0 aliphatic heterocycles. The van der Waals surface area contributed by atoms with Crippen LogP contribution in [0.4, 0.5) is 0 Å². The van der Waals surface area contributed by atoms with Gasteiger partial charge in [0.2, 0.25) is 0 Å². The third-order valence-corrected chi connectivity index (χ3v) is 3.85. The highest BCUT2D eigenvalue weighted by atomic mass is 127. The molecule has 2 rings (SSSR count). The molecule has 0 aromatic heterocycles. The molecule has 0 heterocycles. The van der Waals surface area contributed by atoms with Crippen molar-refractivity contribution in [1.82, 2.24) is 5.43 Å². The maximum Gasteiger partial charge on any atom is 0.272 e. The Bertz CT molecular complexity index is 702. The van der Waals surface area contributed by atoms with Crippen molar-refractivity contribution in [1.29, 1.82) is 0 Å². The summed E-state index contributed by atoms with van der Waals surface area (Å²) >= 11 is 2.11. The lowest BCUT2D eigenvalue weighted by atomic mass is 10.2. The lowest BCUT2D eigenvalue weighted by molar-refractivity contribution is 0.0954. The highest BCUT2D eigenvalue weighted by Gasteiger charge is 2.07. The monoisotopic (exact) mass is 410 g/mol. The van der Waals surface area contributed by atoms with Crippen molar-refractivity contribution in [3.05, 3.63) is 57.2 Å². The highest BCUT2D eigenvalue weighted by molar-refractivity contribution is 14.1. The van der Waals surface area contributed by atoms with Crippen LogP contribution < -0.4 is 14.9 Å². The van der Waals surface area contributed by atoms with Gasteiger partial charge in [-0.25, -0.2) is 5.43 Å². The molecular weight excluding hydrogens is 395 g/mol. The van der Waals surface area contributed by atoms with Gasteiger partial charge in [-0.15, -0.1) is 0 Å². The van der Waals surface area contributed by atoms with E-state index >= 15 is 0 Å². The van der Waals surface area contributed by atoms with Crippen LogP contribution in [0.1, 0.15) is 15.9 Å². The largest absolute Gasteiger partial charge is 0.493 e. The summed E-state index contributed by atoms with van der Waals surface area (Å²) in [6.45, 7) is 0. The summed E-state index contributed by atoms with van der Waals surface area (Å²) in [5.41, 5.74) is 3.89. The zero-order chi connectivity index (χ0) is 15.9. The van der Waals surface area contributed by atoms with E-state index in [0.29, 0.717) is 17.1 Å². The van der Waals surface area contributed by atoms with Crippen LogP contribution in [0.25, 0.3) is 0 Å². The molecule has 5 nitrogen and oxygen atoms in total. The van der Waals surface area contributed by atoms with E-state index in [1.807, 2.05) is 24.3 Å². The van der Waals surface area contributed by atoms with E-state index in [0.717, 1.165) is 9.13 Å². The first-order valence-electron chi connectivity index (χ1n) is 6.45. The number of ether oxygens (including phenoxy) is 2. The summed E-state index contributed by atoms with van der Waals surface area (Å²) in [5, 5.41) is 3.97. The Balaban J connectivity index is 2.07. The van der Waals surface area contributed by atoms with E-state index in [4.69, 9.17) is 9.47 Å². The van der Waals surface area contributed by atoms with E-state index in [1.54, 1.807) is 38.6 Å². The minimum Gasteiger partial charge on any atom is -0.493 e. The molecule has 0 radical (unpaired) electrons. The minimum absolute atomic E-state index is 0.248. The van der Waals surface area contributed by atoms with Gasteiger partial charge in [-0.1, -0.05) is 12.1 Å². The quantitative estimate of drug-likeness (QED) is 0.468. The Morgan fingerprint density at radius 1 is 1.14 bits per heavy atom. The number of rotatable bonds is 5. The number of amides is 1. The number of nitrogens with one attached hydrogen (secondary N) is 1. The topological polar surface area (TPSA) is 59.9 Å². The fourth-order valence-corrected chi connectivity index (χ4v) is 2.44. The fourth-order valence-electron chi connectivity index (χ4n) is 1.80. The van der Waals surface area contributed by atoms with Crippen molar-refractivity contribution in [2.24, 2.45) is 5.10 Å². The third kappa shape index (κ3) is 3.97. The van der Waals surface area contributed by atoms with E-state index < -0.39 is 0 Å². The van der Waals surface area contributed by atoms with Crippen molar-refractivity contribution >= 4 is 34.7 Å². The van der Waals surface area contributed by atoms with Crippen LogP contribution in [0.2, 0.25) is 0 Å². The third-order valence-electron chi connectivity index (χ3n) is 2.91. The van der Waals surface area contributed by atoms with Crippen LogP contribution >= 0.6 is 22.6 Å². The zero-order valence-electron chi connectivity index (χ0n) is 12.2. The highest BCUT2D eigenvalue weighted by Crippen LogP contribution is 2.26. The van der Waals surface area contributed by atoms with E-state index in [2.05, 4.69) is 33.1 Å². The second kappa shape index (κ2) is 7.79. The second-order valence-corrected chi connectivity index (χ2v) is 5.46. The molecule has 1 amide bonds. The molecule has 0 unspecified atom stereocenters. The van der Waals surface area contributed by atoms with Crippen LogP contribution in [-0.4, -0.2) is 26.3 Å². The molecule has 0 saturated carbocycles. The summed E-state index contributed by atoms with van der Waals surface area (Å²) < 4.78 is 11.3. The van der Waals surface area contributed by atoms with Gasteiger partial charge in [-0.05, 0) is 58.5 Å². The van der Waals surface area contributed by atoms with Gasteiger partial charge in [-0.3, -0.25) is 4.79 Å². The normalized spacial score (nSPS) is 10.5. The van der Waals surface area contributed by atoms with Crippen LogP contribution in [0.3, 0.4) is 0 Å². The molecule has 22 heavy (non-hydrogen) atoms. The number of methoxy groups -OCH3 is 2. The van der Waals surface area contributed by atoms with Gasteiger partial charge in [0.1, 0.15) is 0 Å². The first-order valence-corrected chi connectivity index (χ1v) is 7.53. The average molecular weight is 410 g/mol. The van der Waals surface area contributed by atoms with Crippen molar-refractivity contribution in [3.8, 4) is 11.5 Å². The van der Waals surface area contributed by atoms with Gasteiger partial charge < -0.3 is 9.47 Å². The number of hydrogen-bond acceptors (Lipinski definition) is 4. The number of hydrazone groups is 1. The molecule has 0 spiro atoms. The van der Waals surface area contributed by atoms with Crippen molar-refractivity contribution < 1.29 is 14.3 Å². The van der Waals surface area contributed by atoms with Crippen LogP contribution in [0.15, 0.2) is 47.6 Å². The zero-order valence-corrected chi connectivity index (χ0v) is 14.3. The molecule has 0 bridgehead atoms. The molecular formula is C16H15IN2O3. The van der Waals surface area contributed by atoms with E-state index in [-0.39, 0.29) is 5.91 Å². The Morgan fingerprint density at radius 2 is 1.86 bits per heavy atom. The first kappa shape index (κ1) is 16.3. The second-order valence-electron chi connectivity index (χ2n) is 4.29. The lowest BCUT2D eigenvalue weighted by Crippen LogP contribution is -2.18. The van der Waals surface area contributed by atoms with Crippen molar-refractivity contribution in [2.45, 2.75) is 0 Å². The molecule has 0 saturated heterocycles. The Hall–Kier alpha value is -2.09. The number of benzene rings is 2. The van der Waals surface area contributed by atoms with Gasteiger partial charge in [0.25, 0.3) is 5.91 Å². The molecule has 0 aliphatic carbocycles. The minimum atomic E-state index is -0.248. The number of nitrogens with zero attached hydrogens (tertiary/aromatic N) is 1. The Morgan fingerprint density at radius 3 is 2.55 bits per heavy atom. The summed E-state index contributed by atoms with van der Waals surface area (Å²) in [6.07, 6.45) is 1.55. The average Bonchev–Trinajstić information content (AvgIpc) is 2.55. The number of halogens is 1. The maximum absolute atomic E-state index is 12.0. The Kier molecular flexibility index (Phi) is 5.76. The standard InChI is InChI=1S/C16H15IN2O3/c1-21-14-8-7-11(9-15(14)22-2)10-18-19-16(20)12-5-3-4-6-13(12)17/h3-10H,1-2H3,(H,19,20). The summed E-state index contributed by atoms with van der Waals surface area (Å²) in [4.78, 5) is 12.0. The van der Waals surface area contributed by atoms with Gasteiger partial charge in [0.15, 0.2) is 11.5 Å². The van der Waals surface area contributed by atoms with E-state index in [9.17, 15) is 4.79 Å². The molecule has 1 N–H and O–H groups in total. The number of carbonyl (C=O) groups is 1. The summed E-state index contributed by atoms with van der Waals surface area (Å²) in [7, 11) is 3.14. The maximum atomic E-state index is 12.0. The van der Waals surface area contributed by atoms with Gasteiger partial charge in [-0.2, -0.15) is 5.10 Å². The molecule has 0 fully saturated rings. The SMILES string of the molecule is COc1ccc(C=NNC(=O)c2ccccc2I)cc1OC. The summed E-state index contributed by atoms with van der Waals surface area (Å²) in [5.74, 6) is 1.000. The number of hydrogen-bond donors (Lipinski definition) is 1. The fraction of sp³-hybridized carbons (Fsp3) is 0.125. The van der Waals surface area contributed by atoms with Crippen LogP contribution in [0.5, 0.6) is 11.5 Å². The molecule has 114 valence electrons. The molecule has 0 aliphatic rings. The lowest BCUT2D eigenvalue weighted by Gasteiger charge is -2.07. The predicted octanol–water partition coefficient (Wildman–Crippen LogP) is 3.07. The predicted molar refractivity (Wildman–Crippen MR) is 93.8 cm³/mol. The summed E-state index contributed by atoms with van der Waals surface area (Å²) in [6, 6.07) is 12.7. The molecule has 2 aromatic rings. The van der Waals surface area contributed by atoms with E-state index in [1.165, 1.54) is 0 Å². The smallest absolute Gasteiger partial charge is 0.272 e. The molecule has 2 aromatic carbocycles. The molecule has 6 heteroatoms. The first-order chi connectivity index (χ1) is 10.7. The Labute approximate surface area is 142 Å². The van der Waals surface area contributed by atoms with Crippen LogP contribution in [-0.2, 0) is 0 Å². The van der Waals surface area contributed by atoms with Gasteiger partial charge in [0.05, 0.1) is 26.0 Å². The van der Waals surface area contributed by atoms with Crippen LogP contribution in [0, 0.1) is 3.57 Å².